The first-order valence-corrected chi connectivity index (χ1v) is 9.33. The summed E-state index contributed by atoms with van der Waals surface area (Å²) in [5.41, 5.74) is 0.754. The fourth-order valence-electron chi connectivity index (χ4n) is 2.78. The van der Waals surface area contributed by atoms with E-state index in [-0.39, 0.29) is 18.1 Å². The number of thiol groups is 1. The van der Waals surface area contributed by atoms with Crippen LogP contribution in [-0.2, 0) is 20.8 Å². The predicted octanol–water partition coefficient (Wildman–Crippen LogP) is 2.75. The van der Waals surface area contributed by atoms with Crippen molar-refractivity contribution in [3.63, 3.8) is 0 Å². The second kappa shape index (κ2) is 9.78. The van der Waals surface area contributed by atoms with Gasteiger partial charge >= 0.3 is 5.97 Å². The monoisotopic (exact) mass is 395 g/mol. The van der Waals surface area contributed by atoms with Crippen LogP contribution in [0, 0.1) is 11.8 Å². The lowest BCUT2D eigenvalue weighted by molar-refractivity contribution is -0.143. The van der Waals surface area contributed by atoms with Crippen LogP contribution < -0.4 is 10.1 Å². The van der Waals surface area contributed by atoms with Crippen LogP contribution in [0.3, 0.4) is 0 Å². The summed E-state index contributed by atoms with van der Waals surface area (Å²) in [5.74, 6) is -1.75. The summed E-state index contributed by atoms with van der Waals surface area (Å²) in [4.78, 5) is 36.5. The molecule has 0 aliphatic heterocycles. The Morgan fingerprint density at radius 1 is 1.22 bits per heavy atom. The summed E-state index contributed by atoms with van der Waals surface area (Å²) in [6, 6.07) is 5.88. The maximum Gasteiger partial charge on any atom is 0.326 e. The van der Waals surface area contributed by atoms with Gasteiger partial charge in [-0.2, -0.15) is 12.6 Å². The normalized spacial score (nSPS) is 15.5. The topological polar surface area (TPSA) is 92.7 Å². The van der Waals surface area contributed by atoms with Crippen molar-refractivity contribution in [1.29, 1.82) is 0 Å². The molecule has 27 heavy (non-hydrogen) atoms. The van der Waals surface area contributed by atoms with Crippen molar-refractivity contribution in [3.8, 4) is 5.75 Å². The van der Waals surface area contributed by atoms with Gasteiger partial charge in [0.2, 0.25) is 5.91 Å². The van der Waals surface area contributed by atoms with Gasteiger partial charge in [0.1, 0.15) is 17.6 Å². The third-order valence-corrected chi connectivity index (χ3v) is 5.25. The third-order valence-electron chi connectivity index (χ3n) is 4.63. The third kappa shape index (κ3) is 6.57. The van der Waals surface area contributed by atoms with E-state index in [1.807, 2.05) is 13.8 Å². The van der Waals surface area contributed by atoms with E-state index in [1.165, 1.54) is 6.92 Å². The first-order chi connectivity index (χ1) is 12.5. The largest absolute Gasteiger partial charge is 0.497 e. The molecule has 1 aromatic carbocycles. The Balaban J connectivity index is 2.99. The SMILES string of the molecule is COc1ccc(C[C@H](NC(=O)C(CC(C)C)C(C)(S)C(C)=O)C(=O)O)cc1. The van der Waals surface area contributed by atoms with Crippen molar-refractivity contribution >= 4 is 30.3 Å². The van der Waals surface area contributed by atoms with Crippen LogP contribution in [0.15, 0.2) is 24.3 Å². The van der Waals surface area contributed by atoms with E-state index < -0.39 is 28.6 Å². The molecule has 6 nitrogen and oxygen atoms in total. The number of benzene rings is 1. The number of hydrogen-bond donors (Lipinski definition) is 3. The average Bonchev–Trinajstić information content (AvgIpc) is 2.59. The highest BCUT2D eigenvalue weighted by Gasteiger charge is 2.41. The van der Waals surface area contributed by atoms with E-state index in [4.69, 9.17) is 4.74 Å². The molecule has 0 bridgehead atoms. The highest BCUT2D eigenvalue weighted by atomic mass is 32.1. The standard InChI is InChI=1S/C20H29NO5S/c1-12(2)10-16(20(4,27)13(3)22)18(23)21-17(19(24)25)11-14-6-8-15(26-5)9-7-14/h6-9,12,16-17,27H,10-11H2,1-5H3,(H,21,23)(H,24,25)/t16?,17-,20?/m0/s1. The molecule has 1 amide bonds. The van der Waals surface area contributed by atoms with E-state index in [1.54, 1.807) is 38.3 Å². The highest BCUT2D eigenvalue weighted by Crippen LogP contribution is 2.31. The molecule has 0 saturated heterocycles. The molecule has 2 N–H and O–H groups in total. The number of carboxylic acid groups (broad SMARTS) is 1. The van der Waals surface area contributed by atoms with Crippen LogP contribution in [0.1, 0.15) is 39.7 Å². The number of Topliss-reactive ketones (excluding diaryl/α,β-unsaturated/α-hetero) is 1. The lowest BCUT2D eigenvalue weighted by atomic mass is 9.82. The molecule has 150 valence electrons. The number of methoxy groups -OCH3 is 1. The van der Waals surface area contributed by atoms with Crippen molar-refractivity contribution in [1.82, 2.24) is 5.32 Å². The second-order valence-corrected chi connectivity index (χ2v) is 8.27. The minimum atomic E-state index is -1.17. The Hall–Kier alpha value is -2.02. The van der Waals surface area contributed by atoms with Crippen LogP contribution in [0.4, 0.5) is 0 Å². The Labute approximate surface area is 166 Å². The van der Waals surface area contributed by atoms with Gasteiger partial charge in [-0.25, -0.2) is 4.79 Å². The molecule has 0 spiro atoms. The Morgan fingerprint density at radius 3 is 2.19 bits per heavy atom. The number of nitrogens with one attached hydrogen (secondary N) is 1. The molecule has 0 radical (unpaired) electrons. The Morgan fingerprint density at radius 2 is 1.78 bits per heavy atom. The summed E-state index contributed by atoms with van der Waals surface area (Å²) >= 11 is 4.41. The molecule has 1 aromatic rings. The molecule has 0 aromatic heterocycles. The van der Waals surface area contributed by atoms with Gasteiger partial charge in [-0.05, 0) is 43.9 Å². The molecular formula is C20H29NO5S. The van der Waals surface area contributed by atoms with Crippen LogP contribution in [0.2, 0.25) is 0 Å². The average molecular weight is 396 g/mol. The number of amides is 1. The highest BCUT2D eigenvalue weighted by molar-refractivity contribution is 7.82. The summed E-state index contributed by atoms with van der Waals surface area (Å²) in [6.45, 7) is 6.87. The first-order valence-electron chi connectivity index (χ1n) is 8.88. The number of ether oxygens (including phenoxy) is 1. The Bertz CT molecular complexity index is 669. The Kier molecular flexibility index (Phi) is 8.34. The van der Waals surface area contributed by atoms with E-state index in [0.717, 1.165) is 5.56 Å². The zero-order chi connectivity index (χ0) is 20.8. The van der Waals surface area contributed by atoms with Crippen molar-refractivity contribution in [3.05, 3.63) is 29.8 Å². The van der Waals surface area contributed by atoms with E-state index in [2.05, 4.69) is 17.9 Å². The summed E-state index contributed by atoms with van der Waals surface area (Å²) < 4.78 is 3.92. The molecule has 0 fully saturated rings. The van der Waals surface area contributed by atoms with Crippen molar-refractivity contribution in [2.24, 2.45) is 11.8 Å². The van der Waals surface area contributed by atoms with Crippen molar-refractivity contribution in [2.75, 3.05) is 7.11 Å². The molecule has 3 atom stereocenters. The number of carboxylic acids is 1. The zero-order valence-corrected chi connectivity index (χ0v) is 17.4. The lowest BCUT2D eigenvalue weighted by Crippen LogP contribution is -2.51. The fraction of sp³-hybridized carbons (Fsp3) is 0.550. The second-order valence-electron chi connectivity index (χ2n) is 7.34. The molecule has 2 unspecified atom stereocenters. The van der Waals surface area contributed by atoms with Crippen LogP contribution >= 0.6 is 12.6 Å². The maximum absolute atomic E-state index is 12.8. The van der Waals surface area contributed by atoms with Gasteiger partial charge < -0.3 is 15.2 Å². The fourth-order valence-corrected chi connectivity index (χ4v) is 3.00. The molecule has 0 aliphatic rings. The van der Waals surface area contributed by atoms with Crippen LogP contribution in [0.5, 0.6) is 5.75 Å². The van der Waals surface area contributed by atoms with Gasteiger partial charge in [0.15, 0.2) is 0 Å². The van der Waals surface area contributed by atoms with E-state index in [9.17, 15) is 19.5 Å². The number of hydrogen-bond acceptors (Lipinski definition) is 5. The number of rotatable bonds is 10. The quantitative estimate of drug-likeness (QED) is 0.530. The van der Waals surface area contributed by atoms with Gasteiger partial charge in [-0.15, -0.1) is 0 Å². The molecule has 0 saturated carbocycles. The van der Waals surface area contributed by atoms with Crippen molar-refractivity contribution in [2.45, 2.75) is 51.3 Å². The molecule has 0 heterocycles. The van der Waals surface area contributed by atoms with E-state index in [0.29, 0.717) is 12.2 Å². The molecule has 1 rings (SSSR count). The smallest absolute Gasteiger partial charge is 0.326 e. The van der Waals surface area contributed by atoms with Gasteiger partial charge in [-0.1, -0.05) is 26.0 Å². The number of aliphatic carboxylic acids is 1. The van der Waals surface area contributed by atoms with Gasteiger partial charge in [0.25, 0.3) is 0 Å². The van der Waals surface area contributed by atoms with Gasteiger partial charge in [-0.3, -0.25) is 9.59 Å². The number of ketones is 1. The zero-order valence-electron chi connectivity index (χ0n) is 16.5. The molecule has 0 aliphatic carbocycles. The maximum atomic E-state index is 12.8. The van der Waals surface area contributed by atoms with Crippen LogP contribution in [0.25, 0.3) is 0 Å². The van der Waals surface area contributed by atoms with Gasteiger partial charge in [0.05, 0.1) is 17.8 Å². The predicted molar refractivity (Wildman–Crippen MR) is 107 cm³/mol. The minimum absolute atomic E-state index is 0.128. The van der Waals surface area contributed by atoms with Crippen molar-refractivity contribution < 1.29 is 24.2 Å². The molecule has 7 heteroatoms. The summed E-state index contributed by atoms with van der Waals surface area (Å²) in [7, 11) is 1.55. The summed E-state index contributed by atoms with van der Waals surface area (Å²) in [5, 5.41) is 12.1. The number of carbonyl (C=O) groups excluding carboxylic acids is 2. The van der Waals surface area contributed by atoms with Gasteiger partial charge in [0, 0.05) is 6.42 Å². The first kappa shape index (κ1) is 23.0. The lowest BCUT2D eigenvalue weighted by Gasteiger charge is -2.32. The number of carbonyl (C=O) groups is 3. The molecular weight excluding hydrogens is 366 g/mol. The minimum Gasteiger partial charge on any atom is -0.497 e. The van der Waals surface area contributed by atoms with Crippen LogP contribution in [-0.4, -0.2) is 40.7 Å². The summed E-state index contributed by atoms with van der Waals surface area (Å²) in [6.07, 6.45) is 0.559. The van der Waals surface area contributed by atoms with E-state index >= 15 is 0 Å².